The van der Waals surface area contributed by atoms with Gasteiger partial charge in [0.05, 0.1) is 11.1 Å². The molecule has 1 aliphatic carbocycles. The van der Waals surface area contributed by atoms with Crippen molar-refractivity contribution in [3.63, 3.8) is 0 Å². The Labute approximate surface area is 184 Å². The van der Waals surface area contributed by atoms with E-state index >= 15 is 0 Å². The first-order chi connectivity index (χ1) is 15.2. The van der Waals surface area contributed by atoms with Crippen LogP contribution in [0.15, 0.2) is 73.2 Å². The molecule has 8 heteroatoms. The minimum absolute atomic E-state index is 0.0125. The molecule has 1 atom stereocenters. The van der Waals surface area contributed by atoms with Crippen LogP contribution >= 0.6 is 0 Å². The maximum atomic E-state index is 14.6. The zero-order valence-electron chi connectivity index (χ0n) is 17.0. The zero-order valence-corrected chi connectivity index (χ0v) is 17.9. The molecule has 0 amide bonds. The first kappa shape index (κ1) is 21.5. The van der Waals surface area contributed by atoms with Crippen LogP contribution in [-0.4, -0.2) is 17.1 Å². The summed E-state index contributed by atoms with van der Waals surface area (Å²) >= 11 is 0. The van der Waals surface area contributed by atoms with Crippen molar-refractivity contribution in [3.05, 3.63) is 90.2 Å². The fraction of sp³-hybridized carbons (Fsp3) is 0.125. The Balaban J connectivity index is 1.81. The average molecular weight is 452 g/mol. The molecule has 0 saturated heterocycles. The van der Waals surface area contributed by atoms with Gasteiger partial charge in [0, 0.05) is 23.2 Å². The summed E-state index contributed by atoms with van der Waals surface area (Å²) in [6, 6.07) is 10.2. The lowest BCUT2D eigenvalue weighted by atomic mass is 10.0. The summed E-state index contributed by atoms with van der Waals surface area (Å²) in [4.78, 5) is 0. The van der Waals surface area contributed by atoms with Crippen LogP contribution in [0.5, 0.6) is 11.5 Å². The zero-order chi connectivity index (χ0) is 23.1. The van der Waals surface area contributed by atoms with Crippen molar-refractivity contribution in [2.24, 2.45) is 0 Å². The van der Waals surface area contributed by atoms with Crippen molar-refractivity contribution < 1.29 is 21.9 Å². The first-order valence-electron chi connectivity index (χ1n) is 9.65. The first-order valence-corrected chi connectivity index (χ1v) is 11.1. The normalized spacial score (nSPS) is 18.2. The fourth-order valence-electron chi connectivity index (χ4n) is 3.65. The molecule has 5 nitrogen and oxygen atoms in total. The summed E-state index contributed by atoms with van der Waals surface area (Å²) in [6.07, 6.45) is 7.16. The van der Waals surface area contributed by atoms with Crippen LogP contribution in [0, 0.1) is 17.1 Å². The predicted octanol–water partition coefficient (Wildman–Crippen LogP) is 5.84. The van der Waals surface area contributed by atoms with E-state index in [2.05, 4.69) is 6.58 Å². The van der Waals surface area contributed by atoms with Crippen LogP contribution in [0.2, 0.25) is 0 Å². The third-order valence-electron chi connectivity index (χ3n) is 5.55. The Morgan fingerprint density at radius 2 is 2.03 bits per heavy atom. The van der Waals surface area contributed by atoms with E-state index in [0.717, 1.165) is 16.1 Å². The maximum Gasteiger partial charge on any atom is 0.251 e. The van der Waals surface area contributed by atoms with Crippen LogP contribution in [0.3, 0.4) is 0 Å². The molecule has 162 valence electrons. The van der Waals surface area contributed by atoms with Crippen LogP contribution in [0.1, 0.15) is 24.5 Å². The third kappa shape index (κ3) is 3.22. The number of nitriles is 1. The van der Waals surface area contributed by atoms with Crippen LogP contribution < -0.4 is 4.74 Å². The van der Waals surface area contributed by atoms with Gasteiger partial charge in [-0.15, -0.1) is 0 Å². The van der Waals surface area contributed by atoms with Crippen molar-refractivity contribution in [3.8, 4) is 17.6 Å². The molecule has 0 radical (unpaired) electrons. The summed E-state index contributed by atoms with van der Waals surface area (Å²) in [5.74, 6) is -0.800. The third-order valence-corrected chi connectivity index (χ3v) is 7.88. The van der Waals surface area contributed by atoms with Gasteiger partial charge in [0.1, 0.15) is 34.0 Å². The van der Waals surface area contributed by atoms with Crippen LogP contribution in [0.25, 0.3) is 17.0 Å². The quantitative estimate of drug-likeness (QED) is 0.488. The van der Waals surface area contributed by atoms with E-state index in [9.17, 15) is 17.2 Å². The fourth-order valence-corrected chi connectivity index (χ4v) is 5.34. The topological polar surface area (TPSA) is 72.1 Å². The highest BCUT2D eigenvalue weighted by atomic mass is 32.2. The molecule has 0 fully saturated rings. The Morgan fingerprint density at radius 3 is 2.72 bits per heavy atom. The number of nitrogens with zero attached hydrogens (tertiary/aromatic N) is 2. The van der Waals surface area contributed by atoms with Crippen molar-refractivity contribution >= 4 is 27.0 Å². The maximum absolute atomic E-state index is 14.6. The highest BCUT2D eigenvalue weighted by molar-refractivity contribution is 7.91. The lowest BCUT2D eigenvalue weighted by Gasteiger charge is -2.29. The number of benzene rings is 2. The second kappa shape index (κ2) is 7.77. The number of hydrogen-bond donors (Lipinski definition) is 0. The van der Waals surface area contributed by atoms with Crippen LogP contribution in [0.4, 0.5) is 8.78 Å². The smallest absolute Gasteiger partial charge is 0.251 e. The van der Waals surface area contributed by atoms with Gasteiger partial charge in [-0.05, 0) is 49.8 Å². The van der Waals surface area contributed by atoms with Crippen molar-refractivity contribution in [1.29, 1.82) is 5.26 Å². The summed E-state index contributed by atoms with van der Waals surface area (Å²) in [6.45, 7) is 5.15. The highest BCUT2D eigenvalue weighted by Gasteiger charge is 2.45. The van der Waals surface area contributed by atoms with E-state index in [1.165, 1.54) is 37.4 Å². The summed E-state index contributed by atoms with van der Waals surface area (Å²) < 4.78 is 60.2. The molecule has 1 unspecified atom stereocenters. The number of halogens is 2. The second-order valence-electron chi connectivity index (χ2n) is 7.46. The monoisotopic (exact) mass is 452 g/mol. The molecular formula is C24H18F2N2O3S. The number of allylic oxidation sites excluding steroid dienone is 3. The predicted molar refractivity (Wildman–Crippen MR) is 119 cm³/mol. The standard InChI is InChI=1S/C24H18F2N2O3S/c1-3-18-19-11-13-28(32(29,30)24(2)12-5-4-6-23(24)26)21(19)9-10-22(18)31-17-7-8-20(25)16(14-17)15-27/h3-11,13-14H,1,12H2,2H3. The molecule has 32 heavy (non-hydrogen) atoms. The van der Waals surface area contributed by atoms with E-state index in [1.807, 2.05) is 0 Å². The van der Waals surface area contributed by atoms with Gasteiger partial charge in [0.15, 0.2) is 0 Å². The molecule has 4 rings (SSSR count). The van der Waals surface area contributed by atoms with E-state index in [4.69, 9.17) is 10.00 Å². The van der Waals surface area contributed by atoms with Crippen molar-refractivity contribution in [1.82, 2.24) is 3.97 Å². The Hall–Kier alpha value is -3.70. The van der Waals surface area contributed by atoms with Gasteiger partial charge in [-0.3, -0.25) is 0 Å². The minimum Gasteiger partial charge on any atom is -0.457 e. The average Bonchev–Trinajstić information content (AvgIpc) is 3.22. The lowest BCUT2D eigenvalue weighted by Crippen LogP contribution is -2.40. The number of ether oxygens (including phenoxy) is 1. The Bertz CT molecular complexity index is 1460. The summed E-state index contributed by atoms with van der Waals surface area (Å²) in [7, 11) is -4.14. The highest BCUT2D eigenvalue weighted by Crippen LogP contribution is 2.39. The van der Waals surface area contributed by atoms with Crippen molar-refractivity contribution in [2.75, 3.05) is 0 Å². The van der Waals surface area contributed by atoms with Crippen molar-refractivity contribution in [2.45, 2.75) is 18.1 Å². The van der Waals surface area contributed by atoms with E-state index in [0.29, 0.717) is 22.2 Å². The molecule has 0 spiro atoms. The molecule has 0 saturated carbocycles. The number of hydrogen-bond acceptors (Lipinski definition) is 4. The molecular weight excluding hydrogens is 434 g/mol. The van der Waals surface area contributed by atoms with Gasteiger partial charge in [0.2, 0.25) is 0 Å². The van der Waals surface area contributed by atoms with Gasteiger partial charge in [-0.2, -0.15) is 5.26 Å². The SMILES string of the molecule is C=Cc1c(Oc2ccc(F)c(C#N)c2)ccc2c1ccn2S(=O)(=O)C1(C)CC=CC=C1F. The van der Waals surface area contributed by atoms with Gasteiger partial charge in [-0.25, -0.2) is 21.2 Å². The molecule has 0 aliphatic heterocycles. The molecule has 3 aromatic rings. The van der Waals surface area contributed by atoms with E-state index < -0.39 is 26.4 Å². The Kier molecular flexibility index (Phi) is 5.23. The molecule has 0 N–H and O–H groups in total. The second-order valence-corrected chi connectivity index (χ2v) is 9.71. The largest absolute Gasteiger partial charge is 0.457 e. The number of rotatable bonds is 5. The summed E-state index contributed by atoms with van der Waals surface area (Å²) in [5, 5.41) is 9.55. The molecule has 1 aliphatic rings. The molecule has 1 heterocycles. The molecule has 2 aromatic carbocycles. The Morgan fingerprint density at radius 1 is 1.25 bits per heavy atom. The van der Waals surface area contributed by atoms with Gasteiger partial charge >= 0.3 is 0 Å². The lowest BCUT2D eigenvalue weighted by molar-refractivity contribution is 0.477. The number of aromatic nitrogens is 1. The number of fused-ring (bicyclic) bond motifs is 1. The van der Waals surface area contributed by atoms with Gasteiger partial charge in [0.25, 0.3) is 10.0 Å². The van der Waals surface area contributed by atoms with Crippen LogP contribution in [-0.2, 0) is 10.0 Å². The molecule has 0 bridgehead atoms. The molecule has 1 aromatic heterocycles. The van der Waals surface area contributed by atoms with Gasteiger partial charge < -0.3 is 4.74 Å². The summed E-state index contributed by atoms with van der Waals surface area (Å²) in [5.41, 5.74) is 0.683. The van der Waals surface area contributed by atoms with Gasteiger partial charge in [-0.1, -0.05) is 24.8 Å². The van der Waals surface area contributed by atoms with E-state index in [-0.39, 0.29) is 17.7 Å². The minimum atomic E-state index is -4.14. The van der Waals surface area contributed by atoms with E-state index in [1.54, 1.807) is 30.3 Å².